The highest BCUT2D eigenvalue weighted by molar-refractivity contribution is 7.13. The number of hydrogen-bond donors (Lipinski definition) is 2. The molecule has 1 fully saturated rings. The first-order valence-electron chi connectivity index (χ1n) is 10.8. The summed E-state index contributed by atoms with van der Waals surface area (Å²) in [5, 5.41) is 10.9. The van der Waals surface area contributed by atoms with E-state index in [1.807, 2.05) is 26.3 Å². The number of aryl methyl sites for hydroxylation is 3. The lowest BCUT2D eigenvalue weighted by Crippen LogP contribution is -2.32. The average molecular weight is 443 g/mol. The van der Waals surface area contributed by atoms with Gasteiger partial charge >= 0.3 is 0 Å². The largest absolute Gasteiger partial charge is 0.307 e. The third-order valence-electron chi connectivity index (χ3n) is 6.22. The zero-order chi connectivity index (χ0) is 22.1. The van der Waals surface area contributed by atoms with Crippen molar-refractivity contribution >= 4 is 33.4 Å². The predicted molar refractivity (Wildman–Crippen MR) is 124 cm³/mol. The Morgan fingerprint density at radius 1 is 1.32 bits per heavy atom. The maximum Gasteiger partial charge on any atom is 0.253 e. The number of likely N-dealkylation sites (tertiary alicyclic amines) is 1. The number of anilines is 1. The summed E-state index contributed by atoms with van der Waals surface area (Å²) in [4.78, 5) is 35.0. The number of piperidine rings is 1. The number of thiazole rings is 1. The van der Waals surface area contributed by atoms with E-state index in [0.717, 1.165) is 47.9 Å². The first-order valence-corrected chi connectivity index (χ1v) is 11.7. The van der Waals surface area contributed by atoms with Gasteiger partial charge in [-0.2, -0.15) is 5.10 Å². The van der Waals surface area contributed by atoms with Gasteiger partial charge in [-0.15, -0.1) is 11.3 Å². The Labute approximate surface area is 185 Å². The van der Waals surface area contributed by atoms with Gasteiger partial charge in [0.15, 0.2) is 5.13 Å². The molecule has 0 aromatic carbocycles. The molecular weight excluding hydrogens is 412 g/mol. The van der Waals surface area contributed by atoms with Crippen LogP contribution in [0.25, 0.3) is 11.0 Å². The maximum absolute atomic E-state index is 12.6. The molecule has 1 amide bonds. The molecule has 4 heterocycles. The van der Waals surface area contributed by atoms with Crippen molar-refractivity contribution in [2.75, 3.05) is 18.4 Å². The predicted octanol–water partition coefficient (Wildman–Crippen LogP) is 3.14. The van der Waals surface area contributed by atoms with Crippen LogP contribution in [0.1, 0.15) is 48.7 Å². The summed E-state index contributed by atoms with van der Waals surface area (Å²) in [6, 6.07) is 0. The summed E-state index contributed by atoms with van der Waals surface area (Å²) in [7, 11) is 1.81. The molecule has 1 saturated heterocycles. The van der Waals surface area contributed by atoms with Gasteiger partial charge in [-0.25, -0.2) is 4.98 Å². The van der Waals surface area contributed by atoms with Gasteiger partial charge < -0.3 is 10.3 Å². The molecule has 31 heavy (non-hydrogen) atoms. The van der Waals surface area contributed by atoms with Crippen LogP contribution in [-0.2, 0) is 24.8 Å². The molecular formula is C22H30N6O2S. The van der Waals surface area contributed by atoms with Gasteiger partial charge in [-0.05, 0) is 57.7 Å². The Hall–Kier alpha value is -2.52. The van der Waals surface area contributed by atoms with Crippen molar-refractivity contribution in [3.05, 3.63) is 38.2 Å². The fraction of sp³-hybridized carbons (Fsp3) is 0.545. The lowest BCUT2D eigenvalue weighted by Gasteiger charge is -2.29. The Kier molecular flexibility index (Phi) is 6.24. The number of nitrogens with zero attached hydrogens (tertiary/aromatic N) is 4. The van der Waals surface area contributed by atoms with Crippen LogP contribution < -0.4 is 10.9 Å². The SMILES string of the molecule is Cc1nn(C)c2[nH]c(=O)c(CCC(=O)Nc3nc(CN4CCC(C)CC4)cs3)c(C)c12. The van der Waals surface area contributed by atoms with Gasteiger partial charge in [0.05, 0.1) is 11.4 Å². The number of pyridine rings is 1. The summed E-state index contributed by atoms with van der Waals surface area (Å²) < 4.78 is 1.68. The van der Waals surface area contributed by atoms with E-state index in [1.54, 1.807) is 4.68 Å². The van der Waals surface area contributed by atoms with E-state index < -0.39 is 0 Å². The summed E-state index contributed by atoms with van der Waals surface area (Å²) in [5.74, 6) is 0.676. The van der Waals surface area contributed by atoms with E-state index in [-0.39, 0.29) is 17.9 Å². The maximum atomic E-state index is 12.6. The zero-order valence-corrected chi connectivity index (χ0v) is 19.4. The van der Waals surface area contributed by atoms with Crippen molar-refractivity contribution in [2.24, 2.45) is 13.0 Å². The van der Waals surface area contributed by atoms with Gasteiger partial charge in [0, 0.05) is 36.3 Å². The van der Waals surface area contributed by atoms with Gasteiger partial charge in [0.1, 0.15) is 5.65 Å². The molecule has 3 aromatic rings. The molecule has 1 aliphatic heterocycles. The fourth-order valence-corrected chi connectivity index (χ4v) is 5.08. The molecule has 3 aromatic heterocycles. The first-order chi connectivity index (χ1) is 14.8. The molecule has 4 rings (SSSR count). The Balaban J connectivity index is 1.36. The standard InChI is InChI=1S/C22H30N6O2S/c1-13-7-9-28(10-8-13)11-16-12-31-22(23-16)24-18(29)6-5-17-14(2)19-15(3)26-27(4)20(19)25-21(17)30/h12-13H,5-11H2,1-4H3,(H,25,30)(H,23,24,29). The fourth-order valence-electron chi connectivity index (χ4n) is 4.36. The Morgan fingerprint density at radius 3 is 2.81 bits per heavy atom. The van der Waals surface area contributed by atoms with Crippen LogP contribution in [-0.4, -0.2) is 43.6 Å². The molecule has 0 aliphatic carbocycles. The summed E-state index contributed by atoms with van der Waals surface area (Å²) >= 11 is 1.45. The highest BCUT2D eigenvalue weighted by atomic mass is 32.1. The van der Waals surface area contributed by atoms with Crippen molar-refractivity contribution in [3.63, 3.8) is 0 Å². The van der Waals surface area contributed by atoms with Crippen LogP contribution in [0, 0.1) is 19.8 Å². The first kappa shape index (κ1) is 21.7. The minimum Gasteiger partial charge on any atom is -0.307 e. The number of H-pyrrole nitrogens is 1. The van der Waals surface area contributed by atoms with E-state index in [1.165, 1.54) is 24.2 Å². The second-order valence-electron chi connectivity index (χ2n) is 8.64. The van der Waals surface area contributed by atoms with E-state index in [9.17, 15) is 9.59 Å². The van der Waals surface area contributed by atoms with Crippen LogP contribution in [0.5, 0.6) is 0 Å². The number of carbonyl (C=O) groups is 1. The zero-order valence-electron chi connectivity index (χ0n) is 18.6. The third-order valence-corrected chi connectivity index (χ3v) is 7.02. The minimum atomic E-state index is -0.159. The van der Waals surface area contributed by atoms with Crippen LogP contribution in [0.4, 0.5) is 5.13 Å². The van der Waals surface area contributed by atoms with Crippen LogP contribution in [0.15, 0.2) is 10.2 Å². The number of aromatic amines is 1. The molecule has 1 aliphatic rings. The molecule has 8 nitrogen and oxygen atoms in total. The van der Waals surface area contributed by atoms with E-state index in [4.69, 9.17) is 0 Å². The topological polar surface area (TPSA) is 95.9 Å². The van der Waals surface area contributed by atoms with Crippen LogP contribution in [0.3, 0.4) is 0 Å². The van der Waals surface area contributed by atoms with Gasteiger partial charge in [0.2, 0.25) is 5.91 Å². The molecule has 0 atom stereocenters. The second-order valence-corrected chi connectivity index (χ2v) is 9.50. The second kappa shape index (κ2) is 8.92. The summed E-state index contributed by atoms with van der Waals surface area (Å²) in [6.07, 6.45) is 3.07. The quantitative estimate of drug-likeness (QED) is 0.611. The van der Waals surface area contributed by atoms with E-state index >= 15 is 0 Å². The van der Waals surface area contributed by atoms with Crippen molar-refractivity contribution in [3.8, 4) is 0 Å². The molecule has 2 N–H and O–H groups in total. The number of aromatic nitrogens is 4. The molecule has 0 bridgehead atoms. The number of nitrogens with one attached hydrogen (secondary N) is 2. The minimum absolute atomic E-state index is 0.130. The van der Waals surface area contributed by atoms with Crippen LogP contribution in [0.2, 0.25) is 0 Å². The lowest BCUT2D eigenvalue weighted by molar-refractivity contribution is -0.116. The highest BCUT2D eigenvalue weighted by Crippen LogP contribution is 2.23. The summed E-state index contributed by atoms with van der Waals surface area (Å²) in [5.41, 5.74) is 3.96. The number of fused-ring (bicyclic) bond motifs is 1. The molecule has 0 radical (unpaired) electrons. The molecule has 0 spiro atoms. The normalized spacial score (nSPS) is 15.6. The number of amides is 1. The van der Waals surface area contributed by atoms with Crippen molar-refractivity contribution in [1.82, 2.24) is 24.6 Å². The number of carbonyl (C=O) groups excluding carboxylic acids is 1. The van der Waals surface area contributed by atoms with Gasteiger partial charge in [-0.1, -0.05) is 6.92 Å². The Morgan fingerprint density at radius 2 is 2.06 bits per heavy atom. The monoisotopic (exact) mass is 442 g/mol. The Bertz CT molecular complexity index is 1150. The lowest BCUT2D eigenvalue weighted by atomic mass is 9.99. The van der Waals surface area contributed by atoms with Crippen LogP contribution >= 0.6 is 11.3 Å². The van der Waals surface area contributed by atoms with E-state index in [2.05, 4.69) is 32.2 Å². The molecule has 0 unspecified atom stereocenters. The molecule has 166 valence electrons. The number of rotatable bonds is 6. The van der Waals surface area contributed by atoms with Gasteiger partial charge in [0.25, 0.3) is 5.56 Å². The smallest absolute Gasteiger partial charge is 0.253 e. The van der Waals surface area contributed by atoms with Gasteiger partial charge in [-0.3, -0.25) is 19.2 Å². The number of hydrogen-bond acceptors (Lipinski definition) is 6. The average Bonchev–Trinajstić information content (AvgIpc) is 3.26. The van der Waals surface area contributed by atoms with Crippen molar-refractivity contribution in [1.29, 1.82) is 0 Å². The van der Waals surface area contributed by atoms with Crippen molar-refractivity contribution < 1.29 is 4.79 Å². The van der Waals surface area contributed by atoms with E-state index in [0.29, 0.717) is 22.8 Å². The summed E-state index contributed by atoms with van der Waals surface area (Å²) in [6.45, 7) is 9.20. The van der Waals surface area contributed by atoms with Crippen molar-refractivity contribution in [2.45, 2.75) is 53.0 Å². The third kappa shape index (κ3) is 4.72. The highest BCUT2D eigenvalue weighted by Gasteiger charge is 2.18. The molecule has 9 heteroatoms. The molecule has 0 saturated carbocycles.